The number of aliphatic hydroxyl groups is 1. The molecule has 1 saturated heterocycles. The normalized spacial score (nSPS) is 19.8. The smallest absolute Gasteiger partial charge is 0.380 e. The lowest BCUT2D eigenvalue weighted by Gasteiger charge is -2.39. The standard InChI is InChI=1S/C15H17F4NO2/c1-10(11-3-2-4-12(16)9-11)13(21)20-7-5-14(22,6-8-20)15(17,18)19/h2-4,9-10,22H,5-8H2,1H3. The van der Waals surface area contributed by atoms with Gasteiger partial charge in [-0.2, -0.15) is 13.2 Å². The predicted octanol–water partition coefficient (Wildman–Crippen LogP) is 2.85. The van der Waals surface area contributed by atoms with Crippen LogP contribution < -0.4 is 0 Å². The number of nitrogens with zero attached hydrogens (tertiary/aromatic N) is 1. The van der Waals surface area contributed by atoms with Crippen molar-refractivity contribution >= 4 is 5.91 Å². The van der Waals surface area contributed by atoms with E-state index >= 15 is 0 Å². The van der Waals surface area contributed by atoms with Crippen LogP contribution in [0.25, 0.3) is 0 Å². The van der Waals surface area contributed by atoms with E-state index in [1.807, 2.05) is 0 Å². The molecule has 1 unspecified atom stereocenters. The number of carbonyl (C=O) groups excluding carboxylic acids is 1. The summed E-state index contributed by atoms with van der Waals surface area (Å²) in [6.07, 6.45) is -5.79. The molecule has 1 atom stereocenters. The van der Waals surface area contributed by atoms with Gasteiger partial charge in [0.15, 0.2) is 5.60 Å². The fourth-order valence-corrected chi connectivity index (χ4v) is 2.57. The average molecular weight is 319 g/mol. The molecule has 3 nitrogen and oxygen atoms in total. The van der Waals surface area contributed by atoms with Crippen LogP contribution in [-0.2, 0) is 4.79 Å². The Morgan fingerprint density at radius 2 is 1.91 bits per heavy atom. The first-order chi connectivity index (χ1) is 10.1. The van der Waals surface area contributed by atoms with Gasteiger partial charge in [0.2, 0.25) is 5.91 Å². The van der Waals surface area contributed by atoms with Gasteiger partial charge in [-0.1, -0.05) is 12.1 Å². The van der Waals surface area contributed by atoms with E-state index in [2.05, 4.69) is 0 Å². The van der Waals surface area contributed by atoms with Gasteiger partial charge in [-0.25, -0.2) is 4.39 Å². The van der Waals surface area contributed by atoms with E-state index in [-0.39, 0.29) is 19.0 Å². The number of amides is 1. The molecule has 1 aliphatic heterocycles. The molecule has 0 radical (unpaired) electrons. The van der Waals surface area contributed by atoms with Crippen molar-refractivity contribution in [3.63, 3.8) is 0 Å². The second-order valence-corrected chi connectivity index (χ2v) is 5.63. The third-order valence-electron chi connectivity index (χ3n) is 4.15. The lowest BCUT2D eigenvalue weighted by molar-refractivity contribution is -0.272. The van der Waals surface area contributed by atoms with Crippen molar-refractivity contribution in [3.8, 4) is 0 Å². The molecule has 1 aliphatic rings. The molecule has 0 aliphatic carbocycles. The minimum atomic E-state index is -4.70. The van der Waals surface area contributed by atoms with E-state index in [9.17, 15) is 27.5 Å². The predicted molar refractivity (Wildman–Crippen MR) is 71.6 cm³/mol. The van der Waals surface area contributed by atoms with Gasteiger partial charge >= 0.3 is 6.18 Å². The first kappa shape index (κ1) is 16.7. The number of hydrogen-bond donors (Lipinski definition) is 1. The highest BCUT2D eigenvalue weighted by molar-refractivity contribution is 5.83. The molecule has 1 heterocycles. The first-order valence-corrected chi connectivity index (χ1v) is 6.97. The molecule has 22 heavy (non-hydrogen) atoms. The number of benzene rings is 1. The van der Waals surface area contributed by atoms with Crippen LogP contribution in [0.2, 0.25) is 0 Å². The maximum Gasteiger partial charge on any atom is 0.417 e. The highest BCUT2D eigenvalue weighted by Crippen LogP contribution is 2.38. The Balaban J connectivity index is 2.04. The number of rotatable bonds is 2. The topological polar surface area (TPSA) is 40.5 Å². The van der Waals surface area contributed by atoms with Crippen LogP contribution in [-0.4, -0.2) is 40.8 Å². The molecule has 7 heteroatoms. The van der Waals surface area contributed by atoms with Crippen molar-refractivity contribution in [1.29, 1.82) is 0 Å². The molecule has 0 saturated carbocycles. The molecule has 1 amide bonds. The summed E-state index contributed by atoms with van der Waals surface area (Å²) >= 11 is 0. The van der Waals surface area contributed by atoms with Crippen LogP contribution in [0.4, 0.5) is 17.6 Å². The van der Waals surface area contributed by atoms with Crippen molar-refractivity contribution in [1.82, 2.24) is 4.90 Å². The quantitative estimate of drug-likeness (QED) is 0.852. The number of likely N-dealkylation sites (tertiary alicyclic amines) is 1. The van der Waals surface area contributed by atoms with Gasteiger partial charge in [0.05, 0.1) is 5.92 Å². The molecule has 1 N–H and O–H groups in total. The van der Waals surface area contributed by atoms with Crippen molar-refractivity contribution in [3.05, 3.63) is 35.6 Å². The van der Waals surface area contributed by atoms with Crippen LogP contribution in [0.5, 0.6) is 0 Å². The Morgan fingerprint density at radius 1 is 1.32 bits per heavy atom. The summed E-state index contributed by atoms with van der Waals surface area (Å²) in [6, 6.07) is 5.57. The van der Waals surface area contributed by atoms with Gasteiger partial charge in [-0.15, -0.1) is 0 Å². The van der Waals surface area contributed by atoms with Crippen LogP contribution in [0.1, 0.15) is 31.2 Å². The summed E-state index contributed by atoms with van der Waals surface area (Å²) in [7, 11) is 0. The Hall–Kier alpha value is -1.63. The number of piperidine rings is 1. The SMILES string of the molecule is CC(C(=O)N1CCC(O)(C(F)(F)F)CC1)c1cccc(F)c1. The largest absolute Gasteiger partial charge is 0.417 e. The molecule has 0 bridgehead atoms. The first-order valence-electron chi connectivity index (χ1n) is 6.97. The maximum absolute atomic E-state index is 13.2. The Kier molecular flexibility index (Phi) is 4.47. The molecule has 0 aromatic heterocycles. The summed E-state index contributed by atoms with van der Waals surface area (Å²) in [5.41, 5.74) is -2.26. The molecular formula is C15H17F4NO2. The van der Waals surface area contributed by atoms with Gasteiger partial charge in [-0.3, -0.25) is 4.79 Å². The molecule has 122 valence electrons. The van der Waals surface area contributed by atoms with Crippen LogP contribution in [0.3, 0.4) is 0 Å². The van der Waals surface area contributed by atoms with Crippen molar-refractivity contribution in [2.75, 3.05) is 13.1 Å². The monoisotopic (exact) mass is 319 g/mol. The maximum atomic E-state index is 13.2. The summed E-state index contributed by atoms with van der Waals surface area (Å²) in [5, 5.41) is 9.59. The summed E-state index contributed by atoms with van der Waals surface area (Å²) in [5.74, 6) is -1.48. The van der Waals surface area contributed by atoms with Gasteiger partial charge in [0, 0.05) is 25.9 Å². The lowest BCUT2D eigenvalue weighted by Crippen LogP contribution is -2.54. The molecule has 1 aromatic rings. The molecule has 0 spiro atoms. The fourth-order valence-electron chi connectivity index (χ4n) is 2.57. The van der Waals surface area contributed by atoms with Crippen molar-refractivity contribution in [2.24, 2.45) is 0 Å². The van der Waals surface area contributed by atoms with Gasteiger partial charge in [0.25, 0.3) is 0 Å². The zero-order valence-electron chi connectivity index (χ0n) is 12.0. The van der Waals surface area contributed by atoms with E-state index in [1.165, 1.54) is 23.1 Å². The second kappa shape index (κ2) is 5.87. The summed E-state index contributed by atoms with van der Waals surface area (Å²) in [4.78, 5) is 13.6. The number of carbonyl (C=O) groups is 1. The van der Waals surface area contributed by atoms with E-state index in [0.717, 1.165) is 0 Å². The Labute approximate surface area is 125 Å². The second-order valence-electron chi connectivity index (χ2n) is 5.63. The fraction of sp³-hybridized carbons (Fsp3) is 0.533. The lowest BCUT2D eigenvalue weighted by atomic mass is 9.89. The van der Waals surface area contributed by atoms with Crippen LogP contribution in [0, 0.1) is 5.82 Å². The van der Waals surface area contributed by atoms with Crippen LogP contribution in [0.15, 0.2) is 24.3 Å². The number of alkyl halides is 3. The molecule has 2 rings (SSSR count). The third-order valence-corrected chi connectivity index (χ3v) is 4.15. The summed E-state index contributed by atoms with van der Waals surface area (Å²) in [6.45, 7) is 1.24. The minimum Gasteiger partial charge on any atom is -0.380 e. The highest BCUT2D eigenvalue weighted by atomic mass is 19.4. The van der Waals surface area contributed by atoms with Crippen molar-refractivity contribution < 1.29 is 27.5 Å². The molecule has 1 fully saturated rings. The van der Waals surface area contributed by atoms with E-state index < -0.39 is 36.4 Å². The zero-order valence-corrected chi connectivity index (χ0v) is 12.0. The molecule has 1 aromatic carbocycles. The van der Waals surface area contributed by atoms with E-state index in [4.69, 9.17) is 0 Å². The van der Waals surface area contributed by atoms with Crippen molar-refractivity contribution in [2.45, 2.75) is 37.5 Å². The van der Waals surface area contributed by atoms with Gasteiger partial charge in [0.1, 0.15) is 5.82 Å². The Bertz CT molecular complexity index is 551. The number of halogens is 4. The van der Waals surface area contributed by atoms with Gasteiger partial charge < -0.3 is 10.0 Å². The number of hydrogen-bond acceptors (Lipinski definition) is 2. The summed E-state index contributed by atoms with van der Waals surface area (Å²) < 4.78 is 51.4. The van der Waals surface area contributed by atoms with Gasteiger partial charge in [-0.05, 0) is 24.6 Å². The van der Waals surface area contributed by atoms with E-state index in [0.29, 0.717) is 5.56 Å². The highest BCUT2D eigenvalue weighted by Gasteiger charge is 2.55. The zero-order chi connectivity index (χ0) is 16.5. The molecular weight excluding hydrogens is 302 g/mol. The average Bonchev–Trinajstić information content (AvgIpc) is 2.45. The van der Waals surface area contributed by atoms with Crippen LogP contribution >= 0.6 is 0 Å². The van der Waals surface area contributed by atoms with E-state index in [1.54, 1.807) is 13.0 Å². The Morgan fingerprint density at radius 3 is 2.41 bits per heavy atom. The minimum absolute atomic E-state index is 0.172. The third kappa shape index (κ3) is 3.24.